The highest BCUT2D eigenvalue weighted by Crippen LogP contribution is 2.27. The molecule has 4 heteroatoms. The maximum Gasteiger partial charge on any atom is 0.105 e. The Kier molecular flexibility index (Phi) is 4.12. The predicted molar refractivity (Wildman–Crippen MR) is 66.5 cm³/mol. The zero-order chi connectivity index (χ0) is 12.3. The molecule has 0 aliphatic carbocycles. The summed E-state index contributed by atoms with van der Waals surface area (Å²) in [5.74, 6) is 0. The zero-order valence-electron chi connectivity index (χ0n) is 9.89. The number of hydrogen-bond acceptors (Lipinski definition) is 4. The molecule has 0 aromatic heterocycles. The Morgan fingerprint density at radius 1 is 1.35 bits per heavy atom. The molecule has 0 radical (unpaired) electrons. The van der Waals surface area contributed by atoms with Gasteiger partial charge in [0, 0.05) is 6.54 Å². The SMILES string of the molecule is NCCC(O)C(O)c1cccc2c1CCNC2. The molecule has 2 rings (SSSR count). The number of nitrogens with one attached hydrogen (secondary N) is 1. The van der Waals surface area contributed by atoms with Crippen molar-refractivity contribution >= 4 is 0 Å². The third kappa shape index (κ3) is 2.66. The lowest BCUT2D eigenvalue weighted by Crippen LogP contribution is -2.28. The highest BCUT2D eigenvalue weighted by molar-refractivity contribution is 5.38. The van der Waals surface area contributed by atoms with Gasteiger partial charge in [0.05, 0.1) is 6.10 Å². The fraction of sp³-hybridized carbons (Fsp3) is 0.538. The van der Waals surface area contributed by atoms with Crippen LogP contribution in [0.3, 0.4) is 0 Å². The van der Waals surface area contributed by atoms with Crippen molar-refractivity contribution in [1.29, 1.82) is 0 Å². The van der Waals surface area contributed by atoms with E-state index in [1.807, 2.05) is 12.1 Å². The monoisotopic (exact) mass is 236 g/mol. The second kappa shape index (κ2) is 5.60. The summed E-state index contributed by atoms with van der Waals surface area (Å²) in [6.07, 6.45) is -0.283. The molecule has 17 heavy (non-hydrogen) atoms. The molecule has 2 atom stereocenters. The molecular formula is C13H20N2O2. The quantitative estimate of drug-likeness (QED) is 0.597. The van der Waals surface area contributed by atoms with Crippen molar-refractivity contribution in [3.05, 3.63) is 34.9 Å². The van der Waals surface area contributed by atoms with Crippen LogP contribution >= 0.6 is 0 Å². The van der Waals surface area contributed by atoms with Crippen LogP contribution in [0.2, 0.25) is 0 Å². The average molecular weight is 236 g/mol. The Morgan fingerprint density at radius 3 is 2.94 bits per heavy atom. The number of aliphatic hydroxyl groups is 2. The molecule has 1 aromatic carbocycles. The van der Waals surface area contributed by atoms with Gasteiger partial charge in [0.25, 0.3) is 0 Å². The molecule has 0 spiro atoms. The Bertz CT molecular complexity index is 382. The maximum atomic E-state index is 10.2. The Balaban J connectivity index is 2.25. The van der Waals surface area contributed by atoms with Crippen molar-refractivity contribution in [2.45, 2.75) is 31.6 Å². The molecule has 1 aliphatic heterocycles. The van der Waals surface area contributed by atoms with Crippen LogP contribution in [-0.4, -0.2) is 29.4 Å². The van der Waals surface area contributed by atoms with Gasteiger partial charge in [-0.05, 0) is 42.6 Å². The van der Waals surface area contributed by atoms with E-state index in [0.717, 1.165) is 25.1 Å². The molecule has 1 heterocycles. The topological polar surface area (TPSA) is 78.5 Å². The summed E-state index contributed by atoms with van der Waals surface area (Å²) in [5, 5.41) is 23.3. The highest BCUT2D eigenvalue weighted by Gasteiger charge is 2.22. The van der Waals surface area contributed by atoms with Gasteiger partial charge in [-0.1, -0.05) is 18.2 Å². The molecule has 0 saturated carbocycles. The number of aliphatic hydroxyl groups excluding tert-OH is 2. The van der Waals surface area contributed by atoms with E-state index >= 15 is 0 Å². The fourth-order valence-corrected chi connectivity index (χ4v) is 2.37. The van der Waals surface area contributed by atoms with E-state index in [4.69, 9.17) is 5.73 Å². The first-order valence-corrected chi connectivity index (χ1v) is 6.11. The first-order chi connectivity index (χ1) is 8.24. The second-order valence-electron chi connectivity index (χ2n) is 4.50. The number of nitrogens with two attached hydrogens (primary N) is 1. The van der Waals surface area contributed by atoms with Crippen LogP contribution in [0.15, 0.2) is 18.2 Å². The first kappa shape index (κ1) is 12.5. The molecule has 1 aromatic rings. The summed E-state index contributed by atoms with van der Waals surface area (Å²) in [6, 6.07) is 5.89. The average Bonchev–Trinajstić information content (AvgIpc) is 2.37. The minimum Gasteiger partial charge on any atom is -0.390 e. The smallest absolute Gasteiger partial charge is 0.105 e. The van der Waals surface area contributed by atoms with Crippen molar-refractivity contribution in [3.8, 4) is 0 Å². The van der Waals surface area contributed by atoms with Crippen LogP contribution < -0.4 is 11.1 Å². The molecule has 0 bridgehead atoms. The van der Waals surface area contributed by atoms with Gasteiger partial charge in [0.15, 0.2) is 0 Å². The summed E-state index contributed by atoms with van der Waals surface area (Å²) < 4.78 is 0. The second-order valence-corrected chi connectivity index (χ2v) is 4.50. The van der Waals surface area contributed by atoms with Gasteiger partial charge in [0.1, 0.15) is 6.10 Å². The molecule has 1 aliphatic rings. The zero-order valence-corrected chi connectivity index (χ0v) is 9.89. The predicted octanol–water partition coefficient (Wildman–Crippen LogP) is 0.0754. The van der Waals surface area contributed by atoms with E-state index < -0.39 is 12.2 Å². The lowest BCUT2D eigenvalue weighted by Gasteiger charge is -2.25. The minimum atomic E-state index is -0.827. The molecule has 2 unspecified atom stereocenters. The number of hydrogen-bond donors (Lipinski definition) is 4. The normalized spacial score (nSPS) is 18.5. The summed E-state index contributed by atoms with van der Waals surface area (Å²) >= 11 is 0. The lowest BCUT2D eigenvalue weighted by atomic mass is 9.90. The van der Waals surface area contributed by atoms with Gasteiger partial charge in [-0.3, -0.25) is 0 Å². The van der Waals surface area contributed by atoms with E-state index in [-0.39, 0.29) is 0 Å². The van der Waals surface area contributed by atoms with E-state index in [2.05, 4.69) is 11.4 Å². The van der Waals surface area contributed by atoms with Crippen LogP contribution in [0.25, 0.3) is 0 Å². The van der Waals surface area contributed by atoms with Crippen LogP contribution in [0.5, 0.6) is 0 Å². The van der Waals surface area contributed by atoms with Crippen LogP contribution in [-0.2, 0) is 13.0 Å². The van der Waals surface area contributed by atoms with Crippen LogP contribution in [0, 0.1) is 0 Å². The van der Waals surface area contributed by atoms with E-state index in [9.17, 15) is 10.2 Å². The summed E-state index contributed by atoms with van der Waals surface area (Å²) in [6.45, 7) is 2.14. The van der Waals surface area contributed by atoms with Crippen molar-refractivity contribution in [2.75, 3.05) is 13.1 Å². The Labute approximate surface area is 101 Å². The van der Waals surface area contributed by atoms with Gasteiger partial charge in [-0.2, -0.15) is 0 Å². The third-order valence-corrected chi connectivity index (χ3v) is 3.32. The lowest BCUT2D eigenvalue weighted by molar-refractivity contribution is 0.0144. The van der Waals surface area contributed by atoms with Gasteiger partial charge >= 0.3 is 0 Å². The van der Waals surface area contributed by atoms with Gasteiger partial charge in [0.2, 0.25) is 0 Å². The molecule has 0 fully saturated rings. The minimum absolute atomic E-state index is 0.384. The third-order valence-electron chi connectivity index (χ3n) is 3.32. The Hall–Kier alpha value is -0.940. The standard InChI is InChI=1S/C13H20N2O2/c14-6-4-12(16)13(17)11-3-1-2-9-8-15-7-5-10(9)11/h1-3,12-13,15-17H,4-8,14H2. The van der Waals surface area contributed by atoms with Crippen LogP contribution in [0.4, 0.5) is 0 Å². The van der Waals surface area contributed by atoms with Crippen molar-refractivity contribution in [3.63, 3.8) is 0 Å². The first-order valence-electron chi connectivity index (χ1n) is 6.11. The summed E-state index contributed by atoms with van der Waals surface area (Å²) in [5.41, 5.74) is 8.65. The molecule has 0 saturated heterocycles. The Morgan fingerprint density at radius 2 is 2.18 bits per heavy atom. The maximum absolute atomic E-state index is 10.2. The van der Waals surface area contributed by atoms with E-state index in [1.54, 1.807) is 0 Å². The van der Waals surface area contributed by atoms with Gasteiger partial charge < -0.3 is 21.3 Å². The van der Waals surface area contributed by atoms with Crippen molar-refractivity contribution < 1.29 is 10.2 Å². The highest BCUT2D eigenvalue weighted by atomic mass is 16.3. The van der Waals surface area contributed by atoms with E-state index in [1.165, 1.54) is 11.1 Å². The van der Waals surface area contributed by atoms with E-state index in [0.29, 0.717) is 13.0 Å². The van der Waals surface area contributed by atoms with Crippen molar-refractivity contribution in [2.24, 2.45) is 5.73 Å². The molecule has 0 amide bonds. The number of benzene rings is 1. The number of rotatable bonds is 4. The molecule has 4 nitrogen and oxygen atoms in total. The van der Waals surface area contributed by atoms with Crippen molar-refractivity contribution in [1.82, 2.24) is 5.32 Å². The summed E-state index contributed by atoms with van der Waals surface area (Å²) in [4.78, 5) is 0. The molecule has 5 N–H and O–H groups in total. The van der Waals surface area contributed by atoms with Gasteiger partial charge in [-0.15, -0.1) is 0 Å². The van der Waals surface area contributed by atoms with Crippen LogP contribution in [0.1, 0.15) is 29.2 Å². The summed E-state index contributed by atoms with van der Waals surface area (Å²) in [7, 11) is 0. The molecule has 94 valence electrons. The molecular weight excluding hydrogens is 216 g/mol. The fourth-order valence-electron chi connectivity index (χ4n) is 2.37. The van der Waals surface area contributed by atoms with Gasteiger partial charge in [-0.25, -0.2) is 0 Å². The number of fused-ring (bicyclic) bond motifs is 1. The largest absolute Gasteiger partial charge is 0.390 e.